The lowest BCUT2D eigenvalue weighted by Gasteiger charge is -2.10. The second-order valence-corrected chi connectivity index (χ2v) is 8.96. The summed E-state index contributed by atoms with van der Waals surface area (Å²) in [5, 5.41) is 0. The standard InChI is InChI=1S/C16H24N4S4/c1-3-19-14(11-21-9-6-17)13(2)23-24-16-5-4-8-20-15(16)12-22-10-7-18/h3-5,8H,1-2,6-7,9-12,17-18H2. The summed E-state index contributed by atoms with van der Waals surface area (Å²) in [6.45, 7) is 9.19. The van der Waals surface area contributed by atoms with Gasteiger partial charge in [-0.1, -0.05) is 34.7 Å². The Kier molecular flexibility index (Phi) is 12.5. The van der Waals surface area contributed by atoms with Crippen molar-refractivity contribution < 1.29 is 0 Å². The fourth-order valence-corrected chi connectivity index (χ4v) is 5.31. The summed E-state index contributed by atoms with van der Waals surface area (Å²) in [7, 11) is 3.28. The molecule has 0 spiro atoms. The van der Waals surface area contributed by atoms with E-state index >= 15 is 0 Å². The number of thioether (sulfide) groups is 2. The zero-order valence-electron chi connectivity index (χ0n) is 13.6. The molecule has 1 aromatic rings. The second kappa shape index (κ2) is 13.9. The van der Waals surface area contributed by atoms with Crippen molar-refractivity contribution in [1.29, 1.82) is 0 Å². The molecule has 1 rings (SSSR count). The molecule has 0 amide bonds. The summed E-state index contributed by atoms with van der Waals surface area (Å²) >= 11 is 3.55. The summed E-state index contributed by atoms with van der Waals surface area (Å²) in [5.41, 5.74) is 13.1. The fraction of sp³-hybridized carbons (Fsp3) is 0.375. The number of allylic oxidation sites excluding steroid dienone is 1. The lowest BCUT2D eigenvalue weighted by molar-refractivity contribution is 1.09. The van der Waals surface area contributed by atoms with Gasteiger partial charge in [0.2, 0.25) is 0 Å². The monoisotopic (exact) mass is 400 g/mol. The largest absolute Gasteiger partial charge is 0.330 e. The molecular weight excluding hydrogens is 376 g/mol. The summed E-state index contributed by atoms with van der Waals surface area (Å²) < 4.78 is 0. The van der Waals surface area contributed by atoms with Crippen molar-refractivity contribution in [3.05, 3.63) is 48.3 Å². The quantitative estimate of drug-likeness (QED) is 0.296. The Bertz CT molecular complexity index is 549. The van der Waals surface area contributed by atoms with E-state index in [2.05, 4.69) is 29.2 Å². The van der Waals surface area contributed by atoms with Crippen LogP contribution in [0.1, 0.15) is 5.69 Å². The lowest BCUT2D eigenvalue weighted by Crippen LogP contribution is -2.07. The van der Waals surface area contributed by atoms with E-state index in [0.29, 0.717) is 13.1 Å². The van der Waals surface area contributed by atoms with Gasteiger partial charge in [-0.3, -0.25) is 9.98 Å². The van der Waals surface area contributed by atoms with Gasteiger partial charge in [0.1, 0.15) is 0 Å². The topological polar surface area (TPSA) is 77.3 Å². The predicted molar refractivity (Wildman–Crippen MR) is 116 cm³/mol. The number of rotatable bonds is 13. The molecule has 0 saturated carbocycles. The molecule has 4 N–H and O–H groups in total. The van der Waals surface area contributed by atoms with Crippen LogP contribution in [0.5, 0.6) is 0 Å². The Morgan fingerprint density at radius 2 is 2.00 bits per heavy atom. The van der Waals surface area contributed by atoms with Crippen LogP contribution in [0.3, 0.4) is 0 Å². The summed E-state index contributed by atoms with van der Waals surface area (Å²) in [4.78, 5) is 10.9. The maximum atomic E-state index is 5.55. The van der Waals surface area contributed by atoms with Crippen molar-refractivity contribution in [3.63, 3.8) is 0 Å². The van der Waals surface area contributed by atoms with Crippen LogP contribution in [0.2, 0.25) is 0 Å². The maximum absolute atomic E-state index is 5.55. The van der Waals surface area contributed by atoms with Crippen molar-refractivity contribution in [1.82, 2.24) is 4.98 Å². The van der Waals surface area contributed by atoms with Crippen LogP contribution < -0.4 is 11.5 Å². The van der Waals surface area contributed by atoms with Crippen LogP contribution in [-0.2, 0) is 5.75 Å². The van der Waals surface area contributed by atoms with E-state index in [0.717, 1.165) is 44.2 Å². The first-order valence-corrected chi connectivity index (χ1v) is 11.9. The van der Waals surface area contributed by atoms with Crippen LogP contribution >= 0.6 is 45.1 Å². The van der Waals surface area contributed by atoms with E-state index in [1.807, 2.05) is 12.3 Å². The van der Waals surface area contributed by atoms with Crippen molar-refractivity contribution in [2.75, 3.05) is 30.3 Å². The molecule has 0 saturated heterocycles. The third-order valence-electron chi connectivity index (χ3n) is 2.65. The molecule has 0 aliphatic rings. The van der Waals surface area contributed by atoms with Crippen LogP contribution in [0, 0.1) is 0 Å². The van der Waals surface area contributed by atoms with Gasteiger partial charge in [0, 0.05) is 58.3 Å². The van der Waals surface area contributed by atoms with E-state index in [4.69, 9.17) is 11.5 Å². The van der Waals surface area contributed by atoms with Crippen molar-refractivity contribution in [3.8, 4) is 0 Å². The summed E-state index contributed by atoms with van der Waals surface area (Å²) in [6, 6.07) is 4.04. The normalized spacial score (nSPS) is 11.5. The SMILES string of the molecule is C=CN=C(CSCCN)C(=C)SSc1cccnc1CSCCN. The molecule has 4 nitrogen and oxygen atoms in total. The highest BCUT2D eigenvalue weighted by Crippen LogP contribution is 2.39. The molecule has 0 aliphatic heterocycles. The molecule has 0 bridgehead atoms. The smallest absolute Gasteiger partial charge is 0.0646 e. The van der Waals surface area contributed by atoms with E-state index < -0.39 is 0 Å². The minimum Gasteiger partial charge on any atom is -0.330 e. The Morgan fingerprint density at radius 3 is 2.71 bits per heavy atom. The predicted octanol–water partition coefficient (Wildman–Crippen LogP) is 3.80. The molecule has 24 heavy (non-hydrogen) atoms. The third-order valence-corrected chi connectivity index (χ3v) is 7.12. The van der Waals surface area contributed by atoms with Crippen LogP contribution in [0.15, 0.2) is 52.5 Å². The molecule has 0 unspecified atom stereocenters. The number of nitrogens with zero attached hydrogens (tertiary/aromatic N) is 2. The maximum Gasteiger partial charge on any atom is 0.0646 e. The minimum atomic E-state index is 0.667. The van der Waals surface area contributed by atoms with Crippen molar-refractivity contribution in [2.24, 2.45) is 16.5 Å². The Hall–Kier alpha value is -0.380. The average molecular weight is 401 g/mol. The molecule has 132 valence electrons. The highest BCUT2D eigenvalue weighted by Gasteiger charge is 2.10. The molecule has 1 heterocycles. The van der Waals surface area contributed by atoms with E-state index in [1.165, 1.54) is 0 Å². The molecule has 0 fully saturated rings. The molecule has 0 aliphatic carbocycles. The van der Waals surface area contributed by atoms with E-state index in [9.17, 15) is 0 Å². The first-order valence-electron chi connectivity index (χ1n) is 7.43. The Labute approximate surface area is 161 Å². The molecule has 0 radical (unpaired) electrons. The van der Waals surface area contributed by atoms with Gasteiger partial charge < -0.3 is 11.5 Å². The van der Waals surface area contributed by atoms with Crippen LogP contribution in [0.4, 0.5) is 0 Å². The van der Waals surface area contributed by atoms with Gasteiger partial charge in [-0.2, -0.15) is 23.5 Å². The van der Waals surface area contributed by atoms with E-state index in [1.54, 1.807) is 51.3 Å². The number of hydrogen-bond acceptors (Lipinski definition) is 8. The molecular formula is C16H24N4S4. The van der Waals surface area contributed by atoms with Gasteiger partial charge >= 0.3 is 0 Å². The van der Waals surface area contributed by atoms with Crippen LogP contribution in [-0.4, -0.2) is 41.0 Å². The molecule has 0 atom stereocenters. The average Bonchev–Trinajstić information content (AvgIpc) is 2.60. The molecule has 1 aromatic heterocycles. The van der Waals surface area contributed by atoms with Gasteiger partial charge in [-0.05, 0) is 12.1 Å². The van der Waals surface area contributed by atoms with Gasteiger partial charge in [0.15, 0.2) is 0 Å². The molecule has 0 aromatic carbocycles. The zero-order valence-corrected chi connectivity index (χ0v) is 16.9. The summed E-state index contributed by atoms with van der Waals surface area (Å²) in [5.74, 6) is 3.51. The number of nitrogens with two attached hydrogens (primary N) is 2. The first-order chi connectivity index (χ1) is 11.7. The number of hydrogen-bond donors (Lipinski definition) is 2. The van der Waals surface area contributed by atoms with Gasteiger partial charge in [-0.15, -0.1) is 0 Å². The second-order valence-electron chi connectivity index (χ2n) is 4.48. The minimum absolute atomic E-state index is 0.667. The Balaban J connectivity index is 2.61. The first kappa shape index (κ1) is 21.7. The lowest BCUT2D eigenvalue weighted by atomic mass is 10.4. The van der Waals surface area contributed by atoms with Crippen LogP contribution in [0.25, 0.3) is 0 Å². The molecule has 8 heteroatoms. The third kappa shape index (κ3) is 8.64. The van der Waals surface area contributed by atoms with Gasteiger partial charge in [0.25, 0.3) is 0 Å². The van der Waals surface area contributed by atoms with E-state index in [-0.39, 0.29) is 0 Å². The van der Waals surface area contributed by atoms with Crippen molar-refractivity contribution >= 4 is 50.8 Å². The number of pyridine rings is 1. The fourth-order valence-electron chi connectivity index (χ4n) is 1.56. The zero-order chi connectivity index (χ0) is 17.6. The highest BCUT2D eigenvalue weighted by molar-refractivity contribution is 8.78. The number of aromatic nitrogens is 1. The van der Waals surface area contributed by atoms with Gasteiger partial charge in [0.05, 0.1) is 11.4 Å². The van der Waals surface area contributed by atoms with Crippen molar-refractivity contribution in [2.45, 2.75) is 10.6 Å². The number of aliphatic imine (C=N–C) groups is 1. The van der Waals surface area contributed by atoms with Gasteiger partial charge in [-0.25, -0.2) is 0 Å². The highest BCUT2D eigenvalue weighted by atomic mass is 33.1. The summed E-state index contributed by atoms with van der Waals surface area (Å²) in [6.07, 6.45) is 3.39. The Morgan fingerprint density at radius 1 is 1.25 bits per heavy atom.